The lowest BCUT2D eigenvalue weighted by Crippen LogP contribution is -2.18. The van der Waals surface area contributed by atoms with Gasteiger partial charge >= 0.3 is 17.9 Å². The van der Waals surface area contributed by atoms with Crippen molar-refractivity contribution in [2.24, 2.45) is 0 Å². The Bertz CT molecular complexity index is 917. The van der Waals surface area contributed by atoms with Crippen LogP contribution in [0.5, 0.6) is 0 Å². The van der Waals surface area contributed by atoms with E-state index in [0.29, 0.717) is 0 Å². The summed E-state index contributed by atoms with van der Waals surface area (Å²) in [5.74, 6) is -1.76. The maximum absolute atomic E-state index is 12.1. The van der Waals surface area contributed by atoms with E-state index >= 15 is 0 Å². The fourth-order valence-corrected chi connectivity index (χ4v) is 2.15. The average Bonchev–Trinajstić information content (AvgIpc) is 3.25. The summed E-state index contributed by atoms with van der Waals surface area (Å²) in [5.41, 5.74) is 0.242. The lowest BCUT2D eigenvalue weighted by Gasteiger charge is -2.03. The van der Waals surface area contributed by atoms with Gasteiger partial charge in [0.05, 0.1) is 0 Å². The number of imidazole rings is 2. The Hall–Kier alpha value is -3.82. The van der Waals surface area contributed by atoms with Crippen LogP contribution in [0.25, 0.3) is 0 Å². The molecule has 2 aromatic heterocycles. The van der Waals surface area contributed by atoms with Crippen LogP contribution in [0, 0.1) is 10.1 Å². The van der Waals surface area contributed by atoms with Gasteiger partial charge in [0.1, 0.15) is 12.9 Å². The number of carbonyl (C=O) groups excluding carboxylic acids is 2. The first-order chi connectivity index (χ1) is 12.1. The van der Waals surface area contributed by atoms with E-state index in [1.165, 1.54) is 17.0 Å². The van der Waals surface area contributed by atoms with E-state index in [1.54, 1.807) is 24.3 Å². The Morgan fingerprint density at radius 1 is 1.20 bits per heavy atom. The van der Waals surface area contributed by atoms with Gasteiger partial charge in [0.25, 0.3) is 0 Å². The molecule has 10 heteroatoms. The first kappa shape index (κ1) is 16.1. The number of carbonyl (C=O) groups is 2. The Balaban J connectivity index is 1.85. The number of aromatic nitrogens is 4. The minimum Gasteiger partial charge on any atom is -0.370 e. The van der Waals surface area contributed by atoms with E-state index in [1.807, 2.05) is 6.07 Å². The van der Waals surface area contributed by atoms with E-state index in [-0.39, 0.29) is 6.54 Å². The summed E-state index contributed by atoms with van der Waals surface area (Å²) >= 11 is 0. The molecule has 0 amide bonds. The summed E-state index contributed by atoms with van der Waals surface area (Å²) in [4.78, 5) is 41.8. The van der Waals surface area contributed by atoms with Gasteiger partial charge in [-0.05, 0) is 10.5 Å². The van der Waals surface area contributed by atoms with Gasteiger partial charge in [0.15, 0.2) is 6.33 Å². The second-order valence-electron chi connectivity index (χ2n) is 4.91. The van der Waals surface area contributed by atoms with Gasteiger partial charge < -0.3 is 14.9 Å². The maximum atomic E-state index is 12.1. The van der Waals surface area contributed by atoms with Crippen LogP contribution in [-0.2, 0) is 11.3 Å². The minimum absolute atomic E-state index is 0.146. The topological polar surface area (TPSA) is 122 Å². The van der Waals surface area contributed by atoms with E-state index in [4.69, 9.17) is 0 Å². The van der Waals surface area contributed by atoms with Crippen LogP contribution in [0.15, 0.2) is 55.4 Å². The standard InChI is InChI=1S/C15H11N5O5/c21-14(25-15(22)18-7-6-16-9-18)12-13(20(23)24)19(10-17-12)8-11-4-2-1-3-5-11/h1-7,9-10H,8H2. The first-order valence-electron chi connectivity index (χ1n) is 7.04. The summed E-state index contributed by atoms with van der Waals surface area (Å²) < 4.78 is 6.72. The monoisotopic (exact) mass is 341 g/mol. The van der Waals surface area contributed by atoms with Gasteiger partial charge in [-0.15, -0.1) is 0 Å². The number of rotatable bonds is 4. The largest absolute Gasteiger partial charge is 0.427 e. The zero-order valence-electron chi connectivity index (χ0n) is 12.7. The second kappa shape index (κ2) is 6.74. The lowest BCUT2D eigenvalue weighted by atomic mass is 10.2. The van der Waals surface area contributed by atoms with Crippen LogP contribution in [0.4, 0.5) is 10.6 Å². The van der Waals surface area contributed by atoms with Crippen molar-refractivity contribution in [3.05, 3.63) is 76.8 Å². The highest BCUT2D eigenvalue weighted by Gasteiger charge is 2.30. The molecule has 0 aliphatic heterocycles. The molecule has 0 atom stereocenters. The highest BCUT2D eigenvalue weighted by Crippen LogP contribution is 2.20. The molecule has 0 bridgehead atoms. The number of hydrogen-bond donors (Lipinski definition) is 0. The molecule has 0 radical (unpaired) electrons. The molecule has 0 unspecified atom stereocenters. The number of nitrogens with zero attached hydrogens (tertiary/aromatic N) is 5. The summed E-state index contributed by atoms with van der Waals surface area (Å²) in [6.07, 6.45) is 3.86. The molecule has 0 fully saturated rings. The van der Waals surface area contributed by atoms with Gasteiger partial charge in [-0.2, -0.15) is 0 Å². The molecule has 0 saturated carbocycles. The Morgan fingerprint density at radius 2 is 1.96 bits per heavy atom. The molecular formula is C15H11N5O5. The fraction of sp³-hybridized carbons (Fsp3) is 0.0667. The Morgan fingerprint density at radius 3 is 2.60 bits per heavy atom. The Labute approximate surface area is 140 Å². The number of esters is 1. The molecule has 3 aromatic rings. The number of benzene rings is 1. The van der Waals surface area contributed by atoms with Crippen LogP contribution < -0.4 is 0 Å². The van der Waals surface area contributed by atoms with Crippen LogP contribution in [0.3, 0.4) is 0 Å². The van der Waals surface area contributed by atoms with Crippen LogP contribution in [-0.4, -0.2) is 36.1 Å². The smallest absolute Gasteiger partial charge is 0.370 e. The summed E-state index contributed by atoms with van der Waals surface area (Å²) in [6, 6.07) is 8.96. The van der Waals surface area contributed by atoms with Crippen molar-refractivity contribution < 1.29 is 19.2 Å². The zero-order valence-corrected chi connectivity index (χ0v) is 12.7. The lowest BCUT2D eigenvalue weighted by molar-refractivity contribution is -0.392. The maximum Gasteiger partial charge on any atom is 0.427 e. The molecule has 25 heavy (non-hydrogen) atoms. The van der Waals surface area contributed by atoms with Crippen molar-refractivity contribution in [2.45, 2.75) is 6.54 Å². The number of hydrogen-bond acceptors (Lipinski definition) is 7. The highest BCUT2D eigenvalue weighted by molar-refractivity contribution is 5.97. The summed E-state index contributed by atoms with van der Waals surface area (Å²) in [6.45, 7) is 0.146. The molecule has 1 aromatic carbocycles. The molecule has 10 nitrogen and oxygen atoms in total. The molecular weight excluding hydrogens is 330 g/mol. The van der Waals surface area contributed by atoms with Gasteiger partial charge in [0, 0.05) is 12.4 Å². The zero-order chi connectivity index (χ0) is 17.8. The fourth-order valence-electron chi connectivity index (χ4n) is 2.15. The van der Waals surface area contributed by atoms with E-state index < -0.39 is 28.5 Å². The van der Waals surface area contributed by atoms with Crippen molar-refractivity contribution in [3.8, 4) is 0 Å². The predicted octanol–water partition coefficient (Wildman–Crippen LogP) is 1.86. The van der Waals surface area contributed by atoms with Crippen molar-refractivity contribution in [1.29, 1.82) is 0 Å². The molecule has 2 heterocycles. The highest BCUT2D eigenvalue weighted by atomic mass is 16.6. The molecule has 0 spiro atoms. The van der Waals surface area contributed by atoms with E-state index in [9.17, 15) is 19.7 Å². The third-order valence-corrected chi connectivity index (χ3v) is 3.27. The number of nitro groups is 1. The van der Waals surface area contributed by atoms with Crippen LogP contribution in [0.1, 0.15) is 16.1 Å². The molecule has 0 aliphatic carbocycles. The van der Waals surface area contributed by atoms with Gasteiger partial charge in [0.2, 0.25) is 5.69 Å². The van der Waals surface area contributed by atoms with Crippen molar-refractivity contribution in [3.63, 3.8) is 0 Å². The first-order valence-corrected chi connectivity index (χ1v) is 7.04. The van der Waals surface area contributed by atoms with Gasteiger partial charge in [-0.1, -0.05) is 30.3 Å². The third-order valence-electron chi connectivity index (χ3n) is 3.27. The van der Waals surface area contributed by atoms with Crippen molar-refractivity contribution in [2.75, 3.05) is 0 Å². The van der Waals surface area contributed by atoms with E-state index in [0.717, 1.165) is 22.8 Å². The molecule has 126 valence electrons. The minimum atomic E-state index is -1.21. The average molecular weight is 341 g/mol. The Kier molecular flexibility index (Phi) is 4.33. The van der Waals surface area contributed by atoms with Gasteiger partial charge in [-0.3, -0.25) is 0 Å². The quantitative estimate of drug-likeness (QED) is 0.307. The second-order valence-corrected chi connectivity index (χ2v) is 4.91. The SMILES string of the molecule is O=C(OC(=O)n1ccnc1)c1ncn(Cc2ccccc2)c1[N+](=O)[O-]. The van der Waals surface area contributed by atoms with Crippen LogP contribution >= 0.6 is 0 Å². The third kappa shape index (κ3) is 3.42. The summed E-state index contributed by atoms with van der Waals surface area (Å²) in [7, 11) is 0. The van der Waals surface area contributed by atoms with Gasteiger partial charge in [-0.25, -0.2) is 28.7 Å². The molecule has 0 N–H and O–H groups in total. The molecule has 3 rings (SSSR count). The predicted molar refractivity (Wildman–Crippen MR) is 82.9 cm³/mol. The van der Waals surface area contributed by atoms with E-state index in [2.05, 4.69) is 14.7 Å². The molecule has 0 saturated heterocycles. The van der Waals surface area contributed by atoms with Crippen LogP contribution in [0.2, 0.25) is 0 Å². The van der Waals surface area contributed by atoms with Crippen molar-refractivity contribution >= 4 is 17.9 Å². The van der Waals surface area contributed by atoms with Crippen molar-refractivity contribution in [1.82, 2.24) is 19.1 Å². The summed E-state index contributed by atoms with van der Waals surface area (Å²) in [5, 5.41) is 11.3. The molecule has 0 aliphatic rings. The normalized spacial score (nSPS) is 10.4. The number of ether oxygens (including phenoxy) is 1.